The average molecular weight is 346 g/mol. The number of nitrogens with one attached hydrogen (secondary N) is 1. The molecule has 0 radical (unpaired) electrons. The fourth-order valence-corrected chi connectivity index (χ4v) is 3.16. The zero-order chi connectivity index (χ0) is 17.2. The van der Waals surface area contributed by atoms with Gasteiger partial charge in [-0.05, 0) is 25.7 Å². The molecular formula is C15H21F3N4O2. The Morgan fingerprint density at radius 2 is 2.21 bits per heavy atom. The number of alkyl halides is 3. The summed E-state index contributed by atoms with van der Waals surface area (Å²) < 4.78 is 45.7. The maximum Gasteiger partial charge on any atom is 0.393 e. The number of urea groups is 1. The van der Waals surface area contributed by atoms with Crippen LogP contribution in [0.3, 0.4) is 0 Å². The lowest BCUT2D eigenvalue weighted by atomic mass is 9.98. The Morgan fingerprint density at radius 3 is 2.92 bits per heavy atom. The van der Waals surface area contributed by atoms with Crippen LogP contribution in [0.1, 0.15) is 25.7 Å². The summed E-state index contributed by atoms with van der Waals surface area (Å²) in [5.74, 6) is -1.45. The van der Waals surface area contributed by atoms with E-state index in [0.717, 1.165) is 19.4 Å². The van der Waals surface area contributed by atoms with Crippen LogP contribution >= 0.6 is 0 Å². The molecule has 2 fully saturated rings. The number of carbonyl (C=O) groups is 1. The van der Waals surface area contributed by atoms with Crippen molar-refractivity contribution < 1.29 is 22.7 Å². The Labute approximate surface area is 137 Å². The summed E-state index contributed by atoms with van der Waals surface area (Å²) in [6.45, 7) is 1.41. The van der Waals surface area contributed by atoms with E-state index in [1.165, 1.54) is 11.1 Å². The maximum absolute atomic E-state index is 12.8. The van der Waals surface area contributed by atoms with Crippen LogP contribution in [-0.4, -0.2) is 52.7 Å². The molecule has 134 valence electrons. The first-order valence-electron chi connectivity index (χ1n) is 8.18. The molecule has 9 heteroatoms. The molecule has 2 amide bonds. The van der Waals surface area contributed by atoms with Gasteiger partial charge in [-0.1, -0.05) is 0 Å². The number of amides is 2. The number of hydrogen-bond acceptors (Lipinski definition) is 3. The second kappa shape index (κ2) is 7.00. The highest BCUT2D eigenvalue weighted by atomic mass is 19.4. The number of halogens is 3. The molecule has 1 aromatic rings. The number of aromatic nitrogens is 2. The summed E-state index contributed by atoms with van der Waals surface area (Å²) >= 11 is 0. The van der Waals surface area contributed by atoms with E-state index in [0.29, 0.717) is 25.2 Å². The Balaban J connectivity index is 1.53. The first-order chi connectivity index (χ1) is 11.4. The molecule has 0 saturated carbocycles. The minimum absolute atomic E-state index is 0.0760. The van der Waals surface area contributed by atoms with Crippen LogP contribution in [0.4, 0.5) is 23.7 Å². The summed E-state index contributed by atoms with van der Waals surface area (Å²) in [6.07, 6.45) is 1.48. The Kier molecular flexibility index (Phi) is 4.98. The van der Waals surface area contributed by atoms with Crippen LogP contribution in [0.25, 0.3) is 0 Å². The highest BCUT2D eigenvalue weighted by Gasteiger charge is 2.42. The molecule has 6 nitrogen and oxygen atoms in total. The number of piperidine rings is 1. The van der Waals surface area contributed by atoms with Gasteiger partial charge in [0, 0.05) is 25.9 Å². The SMILES string of the molecule is O=C(Nc1cnn(C[C@H]2CCCO2)c1)N1CCC[C@H](C(F)(F)F)C1. The standard InChI is InChI=1S/C15H21F3N4O2/c16-15(17,18)11-3-1-5-21(8-11)14(23)20-12-7-19-22(9-12)10-13-4-2-6-24-13/h7,9,11,13H,1-6,8,10H2,(H,20,23)/t11-,13+/m0/s1. The molecule has 3 rings (SSSR count). The van der Waals surface area contributed by atoms with E-state index in [1.807, 2.05) is 0 Å². The smallest absolute Gasteiger partial charge is 0.376 e. The lowest BCUT2D eigenvalue weighted by Crippen LogP contribution is -2.46. The summed E-state index contributed by atoms with van der Waals surface area (Å²) in [6, 6.07) is -0.513. The van der Waals surface area contributed by atoms with Crippen LogP contribution in [0, 0.1) is 5.92 Å². The van der Waals surface area contributed by atoms with Gasteiger partial charge in [-0.2, -0.15) is 18.3 Å². The minimum atomic E-state index is -4.26. The van der Waals surface area contributed by atoms with Crippen LogP contribution in [0.5, 0.6) is 0 Å². The van der Waals surface area contributed by atoms with Gasteiger partial charge in [0.2, 0.25) is 0 Å². The third-order valence-electron chi connectivity index (χ3n) is 4.47. The highest BCUT2D eigenvalue weighted by Crippen LogP contribution is 2.33. The van der Waals surface area contributed by atoms with Crippen LogP contribution < -0.4 is 5.32 Å². The van der Waals surface area contributed by atoms with Gasteiger partial charge in [0.15, 0.2) is 0 Å². The predicted octanol–water partition coefficient (Wildman–Crippen LogP) is 2.87. The largest absolute Gasteiger partial charge is 0.393 e. The summed E-state index contributed by atoms with van der Waals surface area (Å²) in [5.41, 5.74) is 0.479. The number of carbonyl (C=O) groups excluding carboxylic acids is 1. The van der Waals surface area contributed by atoms with E-state index in [4.69, 9.17) is 4.74 Å². The van der Waals surface area contributed by atoms with Gasteiger partial charge in [-0.15, -0.1) is 0 Å². The summed E-state index contributed by atoms with van der Waals surface area (Å²) in [4.78, 5) is 13.4. The van der Waals surface area contributed by atoms with E-state index in [1.54, 1.807) is 10.9 Å². The number of ether oxygens (including phenoxy) is 1. The van der Waals surface area contributed by atoms with E-state index in [-0.39, 0.29) is 19.1 Å². The lowest BCUT2D eigenvalue weighted by Gasteiger charge is -2.33. The van der Waals surface area contributed by atoms with Gasteiger partial charge in [-0.3, -0.25) is 4.68 Å². The molecule has 0 spiro atoms. The van der Waals surface area contributed by atoms with Gasteiger partial charge < -0.3 is 15.0 Å². The topological polar surface area (TPSA) is 59.4 Å². The summed E-state index contributed by atoms with van der Waals surface area (Å²) in [5, 5.41) is 6.78. The summed E-state index contributed by atoms with van der Waals surface area (Å²) in [7, 11) is 0. The van der Waals surface area contributed by atoms with Crippen molar-refractivity contribution in [1.29, 1.82) is 0 Å². The zero-order valence-corrected chi connectivity index (χ0v) is 13.3. The molecular weight excluding hydrogens is 325 g/mol. The average Bonchev–Trinajstić information content (AvgIpc) is 3.19. The van der Waals surface area contributed by atoms with Crippen molar-refractivity contribution in [3.05, 3.63) is 12.4 Å². The molecule has 2 atom stereocenters. The second-order valence-corrected chi connectivity index (χ2v) is 6.34. The Bertz CT molecular complexity index is 569. The van der Waals surface area contributed by atoms with Crippen molar-refractivity contribution in [2.45, 2.75) is 44.5 Å². The normalized spacial score (nSPS) is 25.0. The molecule has 2 aliphatic heterocycles. The molecule has 0 aliphatic carbocycles. The zero-order valence-electron chi connectivity index (χ0n) is 13.3. The maximum atomic E-state index is 12.8. The van der Waals surface area contributed by atoms with Crippen molar-refractivity contribution in [3.63, 3.8) is 0 Å². The number of anilines is 1. The Morgan fingerprint density at radius 1 is 1.38 bits per heavy atom. The van der Waals surface area contributed by atoms with E-state index >= 15 is 0 Å². The quantitative estimate of drug-likeness (QED) is 0.916. The van der Waals surface area contributed by atoms with Crippen molar-refractivity contribution >= 4 is 11.7 Å². The van der Waals surface area contributed by atoms with Crippen molar-refractivity contribution in [2.24, 2.45) is 5.92 Å². The van der Waals surface area contributed by atoms with Gasteiger partial charge in [0.1, 0.15) is 0 Å². The molecule has 1 N–H and O–H groups in total. The molecule has 0 unspecified atom stereocenters. The minimum Gasteiger partial charge on any atom is -0.376 e. The lowest BCUT2D eigenvalue weighted by molar-refractivity contribution is -0.183. The van der Waals surface area contributed by atoms with E-state index < -0.39 is 18.1 Å². The molecule has 2 aliphatic rings. The molecule has 2 saturated heterocycles. The molecule has 0 aromatic carbocycles. The van der Waals surface area contributed by atoms with Gasteiger partial charge in [0.05, 0.1) is 30.5 Å². The highest BCUT2D eigenvalue weighted by molar-refractivity contribution is 5.89. The van der Waals surface area contributed by atoms with Gasteiger partial charge >= 0.3 is 12.2 Å². The van der Waals surface area contributed by atoms with E-state index in [9.17, 15) is 18.0 Å². The van der Waals surface area contributed by atoms with Gasteiger partial charge in [0.25, 0.3) is 0 Å². The monoisotopic (exact) mass is 346 g/mol. The molecule has 3 heterocycles. The Hall–Kier alpha value is -1.77. The molecule has 0 bridgehead atoms. The van der Waals surface area contributed by atoms with Crippen LogP contribution in [-0.2, 0) is 11.3 Å². The van der Waals surface area contributed by atoms with Crippen LogP contribution in [0.2, 0.25) is 0 Å². The molecule has 1 aromatic heterocycles. The van der Waals surface area contributed by atoms with E-state index in [2.05, 4.69) is 10.4 Å². The van der Waals surface area contributed by atoms with Crippen molar-refractivity contribution in [3.8, 4) is 0 Å². The molecule has 24 heavy (non-hydrogen) atoms. The van der Waals surface area contributed by atoms with Crippen LogP contribution in [0.15, 0.2) is 12.4 Å². The second-order valence-electron chi connectivity index (χ2n) is 6.34. The van der Waals surface area contributed by atoms with Gasteiger partial charge in [-0.25, -0.2) is 4.79 Å². The fourth-order valence-electron chi connectivity index (χ4n) is 3.16. The number of hydrogen-bond donors (Lipinski definition) is 1. The number of rotatable bonds is 3. The number of nitrogens with zero attached hydrogens (tertiary/aromatic N) is 3. The third-order valence-corrected chi connectivity index (χ3v) is 4.47. The van der Waals surface area contributed by atoms with Crippen molar-refractivity contribution in [2.75, 3.05) is 25.0 Å². The first-order valence-corrected chi connectivity index (χ1v) is 8.18. The fraction of sp³-hybridized carbons (Fsp3) is 0.733. The van der Waals surface area contributed by atoms with Crippen molar-refractivity contribution in [1.82, 2.24) is 14.7 Å². The first kappa shape index (κ1) is 17.1. The number of likely N-dealkylation sites (tertiary alicyclic amines) is 1. The third kappa shape index (κ3) is 4.19. The predicted molar refractivity (Wildman–Crippen MR) is 80.6 cm³/mol.